The van der Waals surface area contributed by atoms with Gasteiger partial charge in [0.2, 0.25) is 0 Å². The van der Waals surface area contributed by atoms with Crippen LogP contribution in [0.25, 0.3) is 11.0 Å². The molecule has 0 amide bonds. The largest absolute Gasteiger partial charge is 0.379 e. The van der Waals surface area contributed by atoms with Crippen LogP contribution in [0.2, 0.25) is 0 Å². The molecule has 4 nitrogen and oxygen atoms in total. The summed E-state index contributed by atoms with van der Waals surface area (Å²) in [6.45, 7) is 6.84. The minimum absolute atomic E-state index is 0.334. The minimum atomic E-state index is 0.334. The number of hydrogen-bond acceptors (Lipinski definition) is 3. The molecule has 3 rings (SSSR count). The summed E-state index contributed by atoms with van der Waals surface area (Å²) >= 11 is 0. The van der Waals surface area contributed by atoms with Crippen LogP contribution in [-0.4, -0.2) is 35.4 Å². The summed E-state index contributed by atoms with van der Waals surface area (Å²) in [5.74, 6) is 1.07. The molecule has 1 aromatic carbocycles. The number of nitrogens with one attached hydrogen (secondary N) is 1. The molecule has 1 aromatic heterocycles. The zero-order valence-electron chi connectivity index (χ0n) is 11.6. The quantitative estimate of drug-likeness (QED) is 0.919. The van der Waals surface area contributed by atoms with E-state index in [9.17, 15) is 0 Å². The summed E-state index contributed by atoms with van der Waals surface area (Å²) in [5, 5.41) is 3.59. The first kappa shape index (κ1) is 12.6. The van der Waals surface area contributed by atoms with Gasteiger partial charge in [0, 0.05) is 12.6 Å². The van der Waals surface area contributed by atoms with Crippen LogP contribution >= 0.6 is 0 Å². The number of rotatable bonds is 3. The second-order valence-electron chi connectivity index (χ2n) is 5.11. The van der Waals surface area contributed by atoms with Crippen LogP contribution in [0.15, 0.2) is 24.3 Å². The lowest BCUT2D eigenvalue weighted by atomic mass is 10.0. The van der Waals surface area contributed by atoms with Crippen molar-refractivity contribution in [2.45, 2.75) is 32.4 Å². The van der Waals surface area contributed by atoms with E-state index < -0.39 is 0 Å². The summed E-state index contributed by atoms with van der Waals surface area (Å²) in [6, 6.07) is 9.14. The third-order valence-corrected chi connectivity index (χ3v) is 3.90. The van der Waals surface area contributed by atoms with Gasteiger partial charge < -0.3 is 14.6 Å². The number of fused-ring (bicyclic) bond motifs is 1. The highest BCUT2D eigenvalue weighted by Gasteiger charge is 2.28. The fourth-order valence-corrected chi connectivity index (χ4v) is 3.06. The van der Waals surface area contributed by atoms with E-state index in [1.165, 1.54) is 5.52 Å². The number of aromatic nitrogens is 2. The Bertz CT molecular complexity index is 562. The molecule has 19 heavy (non-hydrogen) atoms. The van der Waals surface area contributed by atoms with Crippen molar-refractivity contribution in [3.63, 3.8) is 0 Å². The molecule has 2 heterocycles. The third-order valence-electron chi connectivity index (χ3n) is 3.90. The van der Waals surface area contributed by atoms with Crippen molar-refractivity contribution in [1.29, 1.82) is 0 Å². The molecule has 0 saturated carbocycles. The van der Waals surface area contributed by atoms with E-state index in [0.29, 0.717) is 12.1 Å². The number of imidazole rings is 1. The van der Waals surface area contributed by atoms with E-state index in [-0.39, 0.29) is 0 Å². The summed E-state index contributed by atoms with van der Waals surface area (Å²) in [4.78, 5) is 4.66. The Balaban J connectivity index is 2.03. The number of nitrogens with zero attached hydrogens (tertiary/aromatic N) is 2. The van der Waals surface area contributed by atoms with Gasteiger partial charge in [-0.25, -0.2) is 4.98 Å². The molecule has 2 atom stereocenters. The van der Waals surface area contributed by atoms with Gasteiger partial charge in [0.1, 0.15) is 5.82 Å². The van der Waals surface area contributed by atoms with Crippen LogP contribution in [-0.2, 0) is 4.74 Å². The van der Waals surface area contributed by atoms with Crippen molar-refractivity contribution in [3.05, 3.63) is 30.1 Å². The van der Waals surface area contributed by atoms with E-state index in [1.807, 2.05) is 6.07 Å². The zero-order chi connectivity index (χ0) is 13.2. The number of likely N-dealkylation sites (N-methyl/N-ethyl adjacent to an activating group) is 1. The van der Waals surface area contributed by atoms with Gasteiger partial charge in [0.15, 0.2) is 0 Å². The predicted octanol–water partition coefficient (Wildman–Crippen LogP) is 2.28. The van der Waals surface area contributed by atoms with E-state index in [0.717, 1.165) is 37.5 Å². The van der Waals surface area contributed by atoms with Crippen LogP contribution in [0, 0.1) is 6.92 Å². The second kappa shape index (κ2) is 5.31. The summed E-state index contributed by atoms with van der Waals surface area (Å²) in [6.07, 6.45) is 1.06. The second-order valence-corrected chi connectivity index (χ2v) is 5.11. The molecule has 4 heteroatoms. The molecular formula is C15H21N3O. The normalized spacial score (nSPS) is 23.9. The summed E-state index contributed by atoms with van der Waals surface area (Å²) in [5.41, 5.74) is 2.28. The van der Waals surface area contributed by atoms with Crippen molar-refractivity contribution >= 4 is 11.0 Å². The molecule has 102 valence electrons. The van der Waals surface area contributed by atoms with Crippen molar-refractivity contribution in [3.8, 4) is 0 Å². The van der Waals surface area contributed by atoms with Gasteiger partial charge in [0.25, 0.3) is 0 Å². The van der Waals surface area contributed by atoms with Crippen molar-refractivity contribution in [1.82, 2.24) is 14.9 Å². The average molecular weight is 259 g/mol. The fourth-order valence-electron chi connectivity index (χ4n) is 3.06. The van der Waals surface area contributed by atoms with Gasteiger partial charge in [0.05, 0.1) is 23.7 Å². The van der Waals surface area contributed by atoms with E-state index in [2.05, 4.69) is 46.9 Å². The monoisotopic (exact) mass is 259 g/mol. The van der Waals surface area contributed by atoms with Gasteiger partial charge in [-0.3, -0.25) is 0 Å². The molecule has 1 aliphatic rings. The lowest BCUT2D eigenvalue weighted by Gasteiger charge is -2.34. The summed E-state index contributed by atoms with van der Waals surface area (Å²) in [7, 11) is 0. The Labute approximate surface area is 113 Å². The van der Waals surface area contributed by atoms with E-state index in [1.54, 1.807) is 0 Å². The number of ether oxygens (including phenoxy) is 1. The maximum absolute atomic E-state index is 5.70. The number of benzene rings is 1. The first-order valence-electron chi connectivity index (χ1n) is 7.06. The van der Waals surface area contributed by atoms with Crippen LogP contribution in [0.1, 0.15) is 25.2 Å². The van der Waals surface area contributed by atoms with E-state index >= 15 is 0 Å². The van der Waals surface area contributed by atoms with Gasteiger partial charge in [-0.2, -0.15) is 0 Å². The molecule has 0 aliphatic carbocycles. The van der Waals surface area contributed by atoms with Crippen LogP contribution in [0.3, 0.4) is 0 Å². The Morgan fingerprint density at radius 1 is 1.42 bits per heavy atom. The Morgan fingerprint density at radius 2 is 2.26 bits per heavy atom. The predicted molar refractivity (Wildman–Crippen MR) is 76.4 cm³/mol. The van der Waals surface area contributed by atoms with Crippen molar-refractivity contribution in [2.24, 2.45) is 0 Å². The van der Waals surface area contributed by atoms with Gasteiger partial charge in [-0.15, -0.1) is 0 Å². The van der Waals surface area contributed by atoms with Crippen molar-refractivity contribution < 1.29 is 4.74 Å². The molecule has 0 radical (unpaired) electrons. The standard InChI is InChI=1S/C15H21N3O/c1-3-16-12-8-9-19-10-15(12)18-11(2)17-13-6-4-5-7-14(13)18/h4-7,12,15-16H,3,8-10H2,1-2H3. The highest BCUT2D eigenvalue weighted by Crippen LogP contribution is 2.27. The Kier molecular flexibility index (Phi) is 3.53. The molecule has 1 saturated heterocycles. The van der Waals surface area contributed by atoms with Gasteiger partial charge >= 0.3 is 0 Å². The van der Waals surface area contributed by atoms with Crippen LogP contribution < -0.4 is 5.32 Å². The Hall–Kier alpha value is -1.39. The fraction of sp³-hybridized carbons (Fsp3) is 0.533. The maximum atomic E-state index is 5.70. The molecule has 0 bridgehead atoms. The highest BCUT2D eigenvalue weighted by atomic mass is 16.5. The molecule has 1 fully saturated rings. The molecule has 2 unspecified atom stereocenters. The van der Waals surface area contributed by atoms with E-state index in [4.69, 9.17) is 4.74 Å². The first-order valence-corrected chi connectivity index (χ1v) is 7.06. The number of para-hydroxylation sites is 2. The maximum Gasteiger partial charge on any atom is 0.107 e. The first-order chi connectivity index (χ1) is 9.31. The third kappa shape index (κ3) is 2.26. The van der Waals surface area contributed by atoms with Crippen LogP contribution in [0.5, 0.6) is 0 Å². The van der Waals surface area contributed by atoms with Crippen molar-refractivity contribution in [2.75, 3.05) is 19.8 Å². The Morgan fingerprint density at radius 3 is 3.11 bits per heavy atom. The minimum Gasteiger partial charge on any atom is -0.379 e. The number of hydrogen-bond donors (Lipinski definition) is 1. The smallest absolute Gasteiger partial charge is 0.107 e. The topological polar surface area (TPSA) is 39.1 Å². The molecule has 1 N–H and O–H groups in total. The SMILES string of the molecule is CCNC1CCOCC1n1c(C)nc2ccccc21. The molecule has 1 aliphatic heterocycles. The summed E-state index contributed by atoms with van der Waals surface area (Å²) < 4.78 is 8.03. The van der Waals surface area contributed by atoms with Gasteiger partial charge in [-0.05, 0) is 32.0 Å². The average Bonchev–Trinajstić information content (AvgIpc) is 2.76. The lowest BCUT2D eigenvalue weighted by molar-refractivity contribution is 0.0382. The molecule has 2 aromatic rings. The molecular weight excluding hydrogens is 238 g/mol. The molecule has 0 spiro atoms. The van der Waals surface area contributed by atoms with Gasteiger partial charge in [-0.1, -0.05) is 19.1 Å². The number of aryl methyl sites for hydroxylation is 1. The highest BCUT2D eigenvalue weighted by molar-refractivity contribution is 5.76. The van der Waals surface area contributed by atoms with Crippen LogP contribution in [0.4, 0.5) is 0 Å². The lowest BCUT2D eigenvalue weighted by Crippen LogP contribution is -2.44. The zero-order valence-corrected chi connectivity index (χ0v) is 11.6.